The van der Waals surface area contributed by atoms with Crippen molar-refractivity contribution in [2.75, 3.05) is 12.8 Å². The van der Waals surface area contributed by atoms with Gasteiger partial charge in [-0.25, -0.2) is 4.98 Å². The fourth-order valence-electron chi connectivity index (χ4n) is 0.489. The van der Waals surface area contributed by atoms with Crippen LogP contribution in [0.3, 0.4) is 0 Å². The Bertz CT molecular complexity index is 274. The molecule has 0 saturated carbocycles. The summed E-state index contributed by atoms with van der Waals surface area (Å²) in [5.74, 6) is -0.0579. The summed E-state index contributed by atoms with van der Waals surface area (Å²) in [5, 5.41) is 0. The molecule has 2 N–H and O–H groups in total. The quantitative estimate of drug-likeness (QED) is 0.603. The van der Waals surface area contributed by atoms with Gasteiger partial charge in [0.1, 0.15) is 0 Å². The Morgan fingerprint density at radius 3 is 3.44 bits per heavy atom. The average molecular weight is 127 g/mol. The van der Waals surface area contributed by atoms with Crippen LogP contribution < -0.4 is 10.5 Å². The van der Waals surface area contributed by atoms with Crippen molar-refractivity contribution in [3.05, 3.63) is 18.3 Å². The van der Waals surface area contributed by atoms with Crippen molar-refractivity contribution in [2.24, 2.45) is 0 Å². The van der Waals surface area contributed by atoms with E-state index in [9.17, 15) is 0 Å². The molecule has 0 radical (unpaired) electrons. The topological polar surface area (TPSA) is 48.1 Å². The van der Waals surface area contributed by atoms with Gasteiger partial charge in [-0.15, -0.1) is 0 Å². The molecular weight excluding hydrogens is 116 g/mol. The Hall–Kier alpha value is -1.25. The normalized spacial score (nSPS) is 15.3. The van der Waals surface area contributed by atoms with Gasteiger partial charge in [0.05, 0.1) is 16.8 Å². The zero-order valence-electron chi connectivity index (χ0n) is 7.66. The van der Waals surface area contributed by atoms with Gasteiger partial charge in [-0.05, 0) is 12.1 Å². The maximum Gasteiger partial charge on any atom is 0.236 e. The maximum atomic E-state index is 6.78. The van der Waals surface area contributed by atoms with Crippen LogP contribution in [0.2, 0.25) is 0 Å². The molecule has 0 aliphatic carbocycles. The first-order valence-corrected chi connectivity index (χ1v) is 2.38. The monoisotopic (exact) mass is 127 g/mol. The second-order valence-corrected chi connectivity index (χ2v) is 1.50. The second-order valence-electron chi connectivity index (χ2n) is 1.50. The fourth-order valence-corrected chi connectivity index (χ4v) is 0.489. The summed E-state index contributed by atoms with van der Waals surface area (Å²) in [6.07, 6.45) is 1.41. The highest BCUT2D eigenvalue weighted by atomic mass is 16.5. The lowest BCUT2D eigenvalue weighted by Crippen LogP contribution is -1.93. The molecule has 0 aliphatic rings. The van der Waals surface area contributed by atoms with Gasteiger partial charge in [0, 0.05) is 6.20 Å². The van der Waals surface area contributed by atoms with Gasteiger partial charge in [-0.3, -0.25) is 0 Å². The number of pyridine rings is 1. The van der Waals surface area contributed by atoms with E-state index in [1.54, 1.807) is 6.07 Å². The number of methoxy groups -OCH3 is 1. The third kappa shape index (κ3) is 1.10. The van der Waals surface area contributed by atoms with E-state index in [-0.39, 0.29) is 11.6 Å². The number of anilines is 1. The van der Waals surface area contributed by atoms with E-state index in [2.05, 4.69) is 9.72 Å². The van der Waals surface area contributed by atoms with Crippen LogP contribution >= 0.6 is 0 Å². The first kappa shape index (κ1) is 3.06. The van der Waals surface area contributed by atoms with Crippen LogP contribution in [0.5, 0.6) is 5.88 Å². The van der Waals surface area contributed by atoms with Gasteiger partial charge < -0.3 is 10.5 Å². The number of rotatable bonds is 1. The highest BCUT2D eigenvalue weighted by molar-refractivity contribution is 5.46. The molecule has 0 bridgehead atoms. The Balaban J connectivity index is 2.83. The highest BCUT2D eigenvalue weighted by Gasteiger charge is 1.93. The molecule has 1 rings (SSSR count). The Labute approximate surface area is 57.7 Å². The number of nitrogens with two attached hydrogens (primary N) is 1. The van der Waals surface area contributed by atoms with Gasteiger partial charge in [0.2, 0.25) is 5.88 Å². The van der Waals surface area contributed by atoms with Crippen molar-refractivity contribution in [2.45, 2.75) is 0 Å². The van der Waals surface area contributed by atoms with E-state index >= 15 is 0 Å². The molecule has 0 spiro atoms. The lowest BCUT2D eigenvalue weighted by atomic mass is 10.4. The van der Waals surface area contributed by atoms with Gasteiger partial charge >= 0.3 is 0 Å². The fraction of sp³-hybridized carbons (Fsp3) is 0.167. The molecule has 0 saturated heterocycles. The molecule has 0 atom stereocenters. The van der Waals surface area contributed by atoms with Crippen LogP contribution in [0, 0.1) is 0 Å². The zero-order valence-corrected chi connectivity index (χ0v) is 4.66. The summed E-state index contributed by atoms with van der Waals surface area (Å²) >= 11 is 0. The molecule has 48 valence electrons. The third-order valence-electron chi connectivity index (χ3n) is 0.897. The molecule has 1 heterocycles. The Morgan fingerprint density at radius 2 is 2.78 bits per heavy atom. The van der Waals surface area contributed by atoms with Crippen molar-refractivity contribution >= 4 is 5.69 Å². The number of aromatic nitrogens is 1. The highest BCUT2D eigenvalue weighted by Crippen LogP contribution is 2.13. The van der Waals surface area contributed by atoms with Crippen LogP contribution in [0.1, 0.15) is 4.11 Å². The lowest BCUT2D eigenvalue weighted by molar-refractivity contribution is 0.400. The van der Waals surface area contributed by atoms with E-state index in [4.69, 9.17) is 9.85 Å². The van der Waals surface area contributed by atoms with E-state index < -0.39 is 7.04 Å². The predicted octanol–water partition coefficient (Wildman–Crippen LogP) is 0.672. The second kappa shape index (κ2) is 2.35. The minimum atomic E-state index is -2.50. The van der Waals surface area contributed by atoms with E-state index in [1.165, 1.54) is 12.3 Å². The first-order valence-electron chi connectivity index (χ1n) is 3.88. The third-order valence-corrected chi connectivity index (χ3v) is 0.897. The van der Waals surface area contributed by atoms with Gasteiger partial charge in [-0.2, -0.15) is 0 Å². The Kier molecular flexibility index (Phi) is 0.797. The molecule has 0 aromatic carbocycles. The molecule has 0 aliphatic heterocycles. The van der Waals surface area contributed by atoms with Crippen molar-refractivity contribution < 1.29 is 8.85 Å². The number of hydrogen-bond acceptors (Lipinski definition) is 3. The largest absolute Gasteiger partial charge is 0.480 e. The molecular formula is C6H8N2O. The molecule has 1 aromatic heterocycles. The van der Waals surface area contributed by atoms with Crippen molar-refractivity contribution in [1.29, 1.82) is 0 Å². The molecule has 3 nitrogen and oxygen atoms in total. The van der Waals surface area contributed by atoms with Crippen LogP contribution in [0.25, 0.3) is 0 Å². The van der Waals surface area contributed by atoms with E-state index in [0.29, 0.717) is 0 Å². The predicted molar refractivity (Wildman–Crippen MR) is 35.2 cm³/mol. The van der Waals surface area contributed by atoms with Crippen molar-refractivity contribution in [3.63, 3.8) is 0 Å². The van der Waals surface area contributed by atoms with Crippen LogP contribution in [0.4, 0.5) is 5.69 Å². The first-order chi connectivity index (χ1) is 5.49. The number of nitrogens with zero attached hydrogens (tertiary/aromatic N) is 1. The number of hydrogen-bond donors (Lipinski definition) is 1. The van der Waals surface area contributed by atoms with Crippen molar-refractivity contribution in [1.82, 2.24) is 4.98 Å². The summed E-state index contributed by atoms with van der Waals surface area (Å²) in [4.78, 5) is 3.66. The lowest BCUT2D eigenvalue weighted by Gasteiger charge is -1.98. The summed E-state index contributed by atoms with van der Waals surface area (Å²) in [6.45, 7) is 0. The molecule has 0 unspecified atom stereocenters. The average Bonchev–Trinajstić information content (AvgIpc) is 1.91. The maximum absolute atomic E-state index is 6.78. The van der Waals surface area contributed by atoms with Crippen LogP contribution in [-0.2, 0) is 0 Å². The Morgan fingerprint density at radius 1 is 1.89 bits per heavy atom. The SMILES string of the molecule is [2H]C([2H])([2H])Oc1ncccc1N. The van der Waals surface area contributed by atoms with E-state index in [1.807, 2.05) is 0 Å². The summed E-state index contributed by atoms with van der Waals surface area (Å²) in [6, 6.07) is 3.12. The molecule has 1 aromatic rings. The zero-order chi connectivity index (χ0) is 9.19. The summed E-state index contributed by atoms with van der Waals surface area (Å²) < 4.78 is 24.8. The van der Waals surface area contributed by atoms with Crippen LogP contribution in [0.15, 0.2) is 18.3 Å². The standard InChI is InChI=1S/C6H8N2O/c1-9-6-5(7)3-2-4-8-6/h2-4H,7H2,1H3/i1D3. The number of ether oxygens (including phenoxy) is 1. The molecule has 0 amide bonds. The smallest absolute Gasteiger partial charge is 0.236 e. The molecule has 9 heavy (non-hydrogen) atoms. The minimum Gasteiger partial charge on any atom is -0.480 e. The van der Waals surface area contributed by atoms with Gasteiger partial charge in [0.25, 0.3) is 0 Å². The minimum absolute atomic E-state index is 0.0579. The van der Waals surface area contributed by atoms with Crippen molar-refractivity contribution in [3.8, 4) is 5.88 Å². The van der Waals surface area contributed by atoms with E-state index in [0.717, 1.165) is 0 Å². The van der Waals surface area contributed by atoms with Gasteiger partial charge in [-0.1, -0.05) is 0 Å². The van der Waals surface area contributed by atoms with Gasteiger partial charge in [0.15, 0.2) is 0 Å². The molecule has 0 fully saturated rings. The number of nitrogen functional groups attached to an aromatic ring is 1. The summed E-state index contributed by atoms with van der Waals surface area (Å²) in [5.41, 5.74) is 5.61. The van der Waals surface area contributed by atoms with Crippen LogP contribution in [-0.4, -0.2) is 12.0 Å². The molecule has 3 heteroatoms. The summed E-state index contributed by atoms with van der Waals surface area (Å²) in [7, 11) is -2.50.